The quantitative estimate of drug-likeness (QED) is 0.0211. The maximum absolute atomic E-state index is 14.4. The molecular weight excluding hydrogens is 943 g/mol. The van der Waals surface area contributed by atoms with Crippen molar-refractivity contribution in [2.45, 2.75) is 147 Å². The van der Waals surface area contributed by atoms with E-state index in [1.807, 2.05) is 20.8 Å². The fourth-order valence-corrected chi connectivity index (χ4v) is 11.3. The topological polar surface area (TPSA) is 223 Å². The fraction of sp³-hybridized carbons (Fsp3) is 0.560. The van der Waals surface area contributed by atoms with E-state index in [1.165, 1.54) is 120 Å². The van der Waals surface area contributed by atoms with E-state index < -0.39 is 46.1 Å². The van der Waals surface area contributed by atoms with Gasteiger partial charge in [0.15, 0.2) is 0 Å². The summed E-state index contributed by atoms with van der Waals surface area (Å²) in [5, 5.41) is 31.3. The molecule has 0 atom stereocenters. The molecule has 0 aromatic heterocycles. The van der Waals surface area contributed by atoms with Gasteiger partial charge in [0.05, 0.1) is 42.2 Å². The van der Waals surface area contributed by atoms with Crippen LogP contribution in [0.5, 0.6) is 23.0 Å². The van der Waals surface area contributed by atoms with Gasteiger partial charge >= 0.3 is 0 Å². The molecular formula is C50H75N5O11S3. The Hall–Kier alpha value is -4.69. The summed E-state index contributed by atoms with van der Waals surface area (Å²) in [6.45, 7) is 12.2. The van der Waals surface area contributed by atoms with Crippen LogP contribution in [0.15, 0.2) is 74.6 Å². The lowest BCUT2D eigenvalue weighted by Gasteiger charge is -2.25. The lowest BCUT2D eigenvalue weighted by molar-refractivity contribution is 0.144. The van der Waals surface area contributed by atoms with Crippen molar-refractivity contribution in [1.82, 2.24) is 4.31 Å². The lowest BCUT2D eigenvalue weighted by Crippen LogP contribution is -2.30. The van der Waals surface area contributed by atoms with Gasteiger partial charge < -0.3 is 24.4 Å². The van der Waals surface area contributed by atoms with Crippen LogP contribution in [-0.2, 0) is 40.2 Å². The first-order valence-electron chi connectivity index (χ1n) is 24.2. The van der Waals surface area contributed by atoms with Gasteiger partial charge in [0, 0.05) is 42.6 Å². The normalized spacial score (nSPS) is 12.6. The molecule has 0 bridgehead atoms. The molecule has 0 fully saturated rings. The van der Waals surface area contributed by atoms with E-state index in [0.717, 1.165) is 35.9 Å². The molecule has 0 saturated heterocycles. The van der Waals surface area contributed by atoms with E-state index in [9.17, 15) is 35.5 Å². The first kappa shape index (κ1) is 56.9. The van der Waals surface area contributed by atoms with Gasteiger partial charge in [-0.05, 0) is 48.2 Å². The molecule has 0 spiro atoms. The highest BCUT2D eigenvalue weighted by Gasteiger charge is 2.30. The third kappa shape index (κ3) is 16.7. The van der Waals surface area contributed by atoms with Crippen molar-refractivity contribution in [2.75, 3.05) is 55.7 Å². The predicted octanol–water partition coefficient (Wildman–Crippen LogP) is 12.1. The van der Waals surface area contributed by atoms with Crippen molar-refractivity contribution in [1.29, 1.82) is 0 Å². The number of phenolic OH excluding ortho intramolecular Hbond substituents is 2. The van der Waals surface area contributed by atoms with Crippen molar-refractivity contribution in [2.24, 2.45) is 10.2 Å². The number of unbranched alkanes of at least 4 members (excludes halogenated alkanes) is 13. The number of nitrogens with zero attached hydrogens (tertiary/aromatic N) is 3. The molecule has 0 saturated carbocycles. The Kier molecular flexibility index (Phi) is 21.9. The summed E-state index contributed by atoms with van der Waals surface area (Å²) in [7, 11) is -11.2. The third-order valence-electron chi connectivity index (χ3n) is 11.6. The SMILES string of the molecule is CCCCCCCCCCCCCCCCOc1cc(O)c(NS(=O)(=O)c2cc(N=Nc3cc(S(=O)(=O)N(CC)CC)c(O)c4cccc(NS(C)(=O)=O)c34)ccc2OCCOC)cc1C(C)(C)C. The van der Waals surface area contributed by atoms with Crippen molar-refractivity contribution in [3.05, 3.63) is 60.2 Å². The minimum absolute atomic E-state index is 0.00987. The van der Waals surface area contributed by atoms with Crippen LogP contribution in [0.2, 0.25) is 0 Å². The molecule has 0 unspecified atom stereocenters. The zero-order chi connectivity index (χ0) is 50.8. The van der Waals surface area contributed by atoms with E-state index >= 15 is 0 Å². The fourth-order valence-electron chi connectivity index (χ4n) is 7.96. The molecule has 69 heavy (non-hydrogen) atoms. The Balaban J connectivity index is 1.61. The number of fused-ring (bicyclic) bond motifs is 1. The van der Waals surface area contributed by atoms with Gasteiger partial charge in [-0.1, -0.05) is 137 Å². The summed E-state index contributed by atoms with van der Waals surface area (Å²) >= 11 is 0. The van der Waals surface area contributed by atoms with E-state index in [-0.39, 0.29) is 76.2 Å². The second kappa shape index (κ2) is 26.5. The Morgan fingerprint density at radius 1 is 0.638 bits per heavy atom. The summed E-state index contributed by atoms with van der Waals surface area (Å²) in [6.07, 6.45) is 18.3. The average Bonchev–Trinajstić information content (AvgIpc) is 3.28. The van der Waals surface area contributed by atoms with Gasteiger partial charge in [0.2, 0.25) is 20.0 Å². The minimum Gasteiger partial charge on any atom is -0.506 e. The van der Waals surface area contributed by atoms with Crippen LogP contribution in [0, 0.1) is 0 Å². The standard InChI is InChI=1S/C50H75N5O11S3/c1-9-12-13-14-15-16-17-18-19-20-21-22-23-24-30-65-45-36-43(56)41(34-39(45)50(4,5)6)54-68(60,61)46-33-37(28-29-44(46)66-32-31-64-7)51-52-42-35-47(69(62,63)55(10-2)11-3)49(57)38-26-25-27-40(48(38)42)53-67(8,58)59/h25-29,33-36,53-54,56-57H,9-24,30-32H2,1-8H3. The zero-order valence-corrected chi connectivity index (χ0v) is 44.2. The summed E-state index contributed by atoms with van der Waals surface area (Å²) in [5.74, 6) is -0.585. The smallest absolute Gasteiger partial charge is 0.265 e. The molecule has 0 aliphatic heterocycles. The number of sulfonamides is 3. The molecule has 0 radical (unpaired) electrons. The highest BCUT2D eigenvalue weighted by molar-refractivity contribution is 7.93. The van der Waals surface area contributed by atoms with Crippen LogP contribution in [-0.4, -0.2) is 86.0 Å². The van der Waals surface area contributed by atoms with Crippen LogP contribution in [0.4, 0.5) is 22.7 Å². The molecule has 0 amide bonds. The van der Waals surface area contributed by atoms with Crippen molar-refractivity contribution in [3.8, 4) is 23.0 Å². The first-order valence-corrected chi connectivity index (χ1v) is 29.0. The number of hydrogen-bond acceptors (Lipinski definition) is 13. The zero-order valence-electron chi connectivity index (χ0n) is 41.8. The van der Waals surface area contributed by atoms with Gasteiger partial charge in [-0.15, -0.1) is 5.11 Å². The summed E-state index contributed by atoms with van der Waals surface area (Å²) in [4.78, 5) is -0.858. The van der Waals surface area contributed by atoms with E-state index in [0.29, 0.717) is 17.9 Å². The van der Waals surface area contributed by atoms with Crippen LogP contribution >= 0.6 is 0 Å². The summed E-state index contributed by atoms with van der Waals surface area (Å²) in [5.41, 5.74) is -0.106. The van der Waals surface area contributed by atoms with Crippen molar-refractivity contribution >= 4 is 63.6 Å². The second-order valence-corrected chi connectivity index (χ2v) is 23.6. The number of rotatable bonds is 31. The molecule has 384 valence electrons. The second-order valence-electron chi connectivity index (χ2n) is 18.3. The Morgan fingerprint density at radius 2 is 1.23 bits per heavy atom. The largest absolute Gasteiger partial charge is 0.506 e. The molecule has 19 heteroatoms. The van der Waals surface area contributed by atoms with Crippen LogP contribution in [0.3, 0.4) is 0 Å². The molecule has 0 aliphatic rings. The Labute approximate surface area is 411 Å². The number of methoxy groups -OCH3 is 1. The van der Waals surface area contributed by atoms with Gasteiger partial charge in [0.1, 0.15) is 39.4 Å². The summed E-state index contributed by atoms with van der Waals surface area (Å²) in [6, 6.07) is 12.3. The van der Waals surface area contributed by atoms with Crippen molar-refractivity contribution in [3.63, 3.8) is 0 Å². The molecule has 4 aromatic rings. The monoisotopic (exact) mass is 1020 g/mol. The van der Waals surface area contributed by atoms with Gasteiger partial charge in [0.25, 0.3) is 10.0 Å². The Morgan fingerprint density at radius 3 is 1.80 bits per heavy atom. The lowest BCUT2D eigenvalue weighted by atomic mass is 9.86. The molecule has 4 aromatic carbocycles. The predicted molar refractivity (Wildman–Crippen MR) is 276 cm³/mol. The number of benzene rings is 4. The van der Waals surface area contributed by atoms with Gasteiger partial charge in [-0.2, -0.15) is 9.42 Å². The number of anilines is 2. The number of azo groups is 1. The van der Waals surface area contributed by atoms with Crippen LogP contribution in [0.1, 0.15) is 137 Å². The van der Waals surface area contributed by atoms with E-state index in [2.05, 4.69) is 26.6 Å². The maximum atomic E-state index is 14.4. The highest BCUT2D eigenvalue weighted by atomic mass is 32.2. The number of hydrogen-bond donors (Lipinski definition) is 4. The molecule has 0 aliphatic carbocycles. The van der Waals surface area contributed by atoms with Gasteiger partial charge in [-0.25, -0.2) is 25.3 Å². The summed E-state index contributed by atoms with van der Waals surface area (Å²) < 4.78 is 104. The number of nitrogens with one attached hydrogen (secondary N) is 2. The third-order valence-corrected chi connectivity index (χ3v) is 15.7. The van der Waals surface area contributed by atoms with Crippen LogP contribution in [0.25, 0.3) is 10.8 Å². The van der Waals surface area contributed by atoms with E-state index in [4.69, 9.17) is 14.2 Å². The molecule has 4 N–H and O–H groups in total. The minimum atomic E-state index is -4.55. The van der Waals surface area contributed by atoms with Gasteiger partial charge in [-0.3, -0.25) is 9.44 Å². The van der Waals surface area contributed by atoms with Crippen molar-refractivity contribution < 1.29 is 49.7 Å². The number of phenols is 2. The molecule has 4 rings (SSSR count). The number of aromatic hydroxyl groups is 2. The molecule has 0 heterocycles. The maximum Gasteiger partial charge on any atom is 0.265 e. The first-order chi connectivity index (χ1) is 32.7. The highest BCUT2D eigenvalue weighted by Crippen LogP contribution is 2.45. The Bertz CT molecular complexity index is 2670. The number of ether oxygens (including phenoxy) is 3. The molecule has 16 nitrogen and oxygen atoms in total. The van der Waals surface area contributed by atoms with Crippen LogP contribution < -0.4 is 18.9 Å². The van der Waals surface area contributed by atoms with E-state index in [1.54, 1.807) is 19.9 Å². The average molecular weight is 1020 g/mol.